The van der Waals surface area contributed by atoms with Gasteiger partial charge in [0.2, 0.25) is 0 Å². The molecule has 0 saturated carbocycles. The van der Waals surface area contributed by atoms with Gasteiger partial charge >= 0.3 is 0 Å². The Morgan fingerprint density at radius 2 is 0.478 bits per heavy atom. The number of benzene rings is 11. The summed E-state index contributed by atoms with van der Waals surface area (Å²) in [4.78, 5) is 2.33. The molecule has 2 aromatic heterocycles. The van der Waals surface area contributed by atoms with E-state index in [9.17, 15) is 0 Å². The number of hydrogen-bond donors (Lipinski definition) is 0. The van der Waals surface area contributed by atoms with Gasteiger partial charge < -0.3 is 14.0 Å². The minimum Gasteiger partial charge on any atom is -0.311 e. The minimum absolute atomic E-state index is 1.10. The van der Waals surface area contributed by atoms with Crippen LogP contribution in [0.5, 0.6) is 0 Å². The predicted molar refractivity (Wildman–Crippen MR) is 292 cm³/mol. The molecule has 0 N–H and O–H groups in total. The van der Waals surface area contributed by atoms with Crippen molar-refractivity contribution < 1.29 is 0 Å². The fourth-order valence-electron chi connectivity index (χ4n) is 10.4. The van der Waals surface area contributed by atoms with Gasteiger partial charge in [0.15, 0.2) is 0 Å². The summed E-state index contributed by atoms with van der Waals surface area (Å²) < 4.78 is 4.73. The maximum Gasteiger partial charge on any atom is 0.0541 e. The van der Waals surface area contributed by atoms with Gasteiger partial charge in [-0.25, -0.2) is 0 Å². The molecule has 11 aromatic carbocycles. The summed E-state index contributed by atoms with van der Waals surface area (Å²) in [5.74, 6) is 0. The second-order valence-electron chi connectivity index (χ2n) is 17.8. The lowest BCUT2D eigenvalue weighted by Crippen LogP contribution is -2.09. The summed E-state index contributed by atoms with van der Waals surface area (Å²) >= 11 is 0. The van der Waals surface area contributed by atoms with Crippen molar-refractivity contribution >= 4 is 60.7 Å². The summed E-state index contributed by atoms with van der Waals surface area (Å²) in [6.45, 7) is 0. The molecule has 324 valence electrons. The Kier molecular flexibility index (Phi) is 9.84. The summed E-state index contributed by atoms with van der Waals surface area (Å²) in [6, 6.07) is 98.9. The molecule has 0 saturated heterocycles. The Labute approximate surface area is 401 Å². The van der Waals surface area contributed by atoms with Crippen molar-refractivity contribution in [2.45, 2.75) is 0 Å². The van der Waals surface area contributed by atoms with Gasteiger partial charge in [0.05, 0.1) is 22.1 Å². The first-order valence-corrected chi connectivity index (χ1v) is 23.7. The summed E-state index contributed by atoms with van der Waals surface area (Å²) in [7, 11) is 0. The van der Waals surface area contributed by atoms with E-state index in [1.165, 1.54) is 99.5 Å². The molecule has 3 heteroatoms. The lowest BCUT2D eigenvalue weighted by molar-refractivity contribution is 1.18. The first-order chi connectivity index (χ1) is 34.2. The number of nitrogens with zero attached hydrogens (tertiary/aromatic N) is 3. The van der Waals surface area contributed by atoms with Crippen LogP contribution in [0.2, 0.25) is 0 Å². The summed E-state index contributed by atoms with van der Waals surface area (Å²) in [6.07, 6.45) is 0. The molecule has 13 aromatic rings. The van der Waals surface area contributed by atoms with Crippen LogP contribution in [0, 0.1) is 0 Å². The molecular formula is C66H45N3. The van der Waals surface area contributed by atoms with Gasteiger partial charge in [-0.15, -0.1) is 0 Å². The summed E-state index contributed by atoms with van der Waals surface area (Å²) in [5.41, 5.74) is 20.1. The zero-order chi connectivity index (χ0) is 45.7. The standard InChI is InChI=1S/C66H45N3/c1-4-14-54(15-5-1)67(57-38-32-48(33-39-57)46-24-28-50(29-25-46)52-36-42-65-61(44-52)59-20-10-12-22-63(59)68(65)55-16-6-2-7-17-55)58-40-34-49(35-41-58)47-26-30-51(31-27-47)53-37-43-66-62(45-53)60-21-11-13-23-64(60)69(66)56-18-8-3-9-19-56/h1-45H. The highest BCUT2D eigenvalue weighted by molar-refractivity contribution is 6.11. The molecule has 0 aliphatic rings. The van der Waals surface area contributed by atoms with Crippen molar-refractivity contribution in [3.63, 3.8) is 0 Å². The molecule has 0 aliphatic heterocycles. The Morgan fingerprint density at radius 3 is 0.870 bits per heavy atom. The Hall–Kier alpha value is -9.18. The van der Waals surface area contributed by atoms with Crippen LogP contribution in [0.4, 0.5) is 17.1 Å². The van der Waals surface area contributed by atoms with E-state index in [0.29, 0.717) is 0 Å². The Morgan fingerprint density at radius 1 is 0.203 bits per heavy atom. The van der Waals surface area contributed by atoms with Crippen molar-refractivity contribution in [3.05, 3.63) is 273 Å². The molecule has 0 unspecified atom stereocenters. The summed E-state index contributed by atoms with van der Waals surface area (Å²) in [5, 5.41) is 5.03. The molecule has 3 nitrogen and oxygen atoms in total. The quantitative estimate of drug-likeness (QED) is 0.141. The number of para-hydroxylation sites is 5. The second-order valence-corrected chi connectivity index (χ2v) is 17.8. The Bertz CT molecular complexity index is 3700. The van der Waals surface area contributed by atoms with E-state index in [2.05, 4.69) is 287 Å². The van der Waals surface area contributed by atoms with Gasteiger partial charge in [0, 0.05) is 50.0 Å². The van der Waals surface area contributed by atoms with Crippen LogP contribution in [-0.2, 0) is 0 Å². The van der Waals surface area contributed by atoms with Gasteiger partial charge in [-0.05, 0) is 142 Å². The zero-order valence-corrected chi connectivity index (χ0v) is 37.8. The Balaban J connectivity index is 0.755. The van der Waals surface area contributed by atoms with Crippen molar-refractivity contribution in [3.8, 4) is 55.9 Å². The number of anilines is 3. The van der Waals surface area contributed by atoms with Crippen molar-refractivity contribution in [1.82, 2.24) is 9.13 Å². The van der Waals surface area contributed by atoms with Crippen molar-refractivity contribution in [1.29, 1.82) is 0 Å². The van der Waals surface area contributed by atoms with E-state index >= 15 is 0 Å². The smallest absolute Gasteiger partial charge is 0.0541 e. The number of hydrogen-bond acceptors (Lipinski definition) is 1. The average Bonchev–Trinajstić information content (AvgIpc) is 3.94. The van der Waals surface area contributed by atoms with Gasteiger partial charge in [0.25, 0.3) is 0 Å². The van der Waals surface area contributed by atoms with Crippen LogP contribution >= 0.6 is 0 Å². The lowest BCUT2D eigenvalue weighted by Gasteiger charge is -2.26. The van der Waals surface area contributed by atoms with E-state index in [1.807, 2.05) is 0 Å². The molecule has 0 fully saturated rings. The molecule has 0 spiro atoms. The third-order valence-electron chi connectivity index (χ3n) is 13.7. The number of aromatic nitrogens is 2. The molecule has 0 amide bonds. The maximum atomic E-state index is 2.36. The van der Waals surface area contributed by atoms with Gasteiger partial charge in [-0.2, -0.15) is 0 Å². The zero-order valence-electron chi connectivity index (χ0n) is 37.8. The molecule has 0 radical (unpaired) electrons. The van der Waals surface area contributed by atoms with Crippen LogP contribution in [-0.4, -0.2) is 9.13 Å². The van der Waals surface area contributed by atoms with E-state index in [4.69, 9.17) is 0 Å². The molecule has 0 bridgehead atoms. The van der Waals surface area contributed by atoms with Crippen molar-refractivity contribution in [2.75, 3.05) is 4.90 Å². The fraction of sp³-hybridized carbons (Fsp3) is 0. The number of rotatable bonds is 9. The van der Waals surface area contributed by atoms with Crippen LogP contribution in [0.1, 0.15) is 0 Å². The van der Waals surface area contributed by atoms with E-state index in [-0.39, 0.29) is 0 Å². The molecule has 0 atom stereocenters. The second kappa shape index (κ2) is 16.9. The van der Waals surface area contributed by atoms with E-state index in [0.717, 1.165) is 17.1 Å². The number of fused-ring (bicyclic) bond motifs is 6. The van der Waals surface area contributed by atoms with Crippen LogP contribution < -0.4 is 4.90 Å². The van der Waals surface area contributed by atoms with Crippen LogP contribution in [0.15, 0.2) is 273 Å². The molecule has 2 heterocycles. The van der Waals surface area contributed by atoms with Crippen LogP contribution in [0.25, 0.3) is 99.5 Å². The largest absolute Gasteiger partial charge is 0.311 e. The molecule has 69 heavy (non-hydrogen) atoms. The molecule has 13 rings (SSSR count). The monoisotopic (exact) mass is 879 g/mol. The van der Waals surface area contributed by atoms with E-state index in [1.54, 1.807) is 0 Å². The lowest BCUT2D eigenvalue weighted by atomic mass is 9.98. The normalized spacial score (nSPS) is 11.5. The van der Waals surface area contributed by atoms with Crippen LogP contribution in [0.3, 0.4) is 0 Å². The van der Waals surface area contributed by atoms with Gasteiger partial charge in [-0.1, -0.05) is 176 Å². The minimum atomic E-state index is 1.10. The van der Waals surface area contributed by atoms with E-state index < -0.39 is 0 Å². The first kappa shape index (κ1) is 40.1. The molecular weight excluding hydrogens is 835 g/mol. The maximum absolute atomic E-state index is 2.36. The van der Waals surface area contributed by atoms with Gasteiger partial charge in [0.1, 0.15) is 0 Å². The van der Waals surface area contributed by atoms with Gasteiger partial charge in [-0.3, -0.25) is 0 Å². The molecule has 0 aliphatic carbocycles. The fourth-order valence-corrected chi connectivity index (χ4v) is 10.4. The first-order valence-electron chi connectivity index (χ1n) is 23.7. The SMILES string of the molecule is c1ccc(N(c2ccc(-c3ccc(-c4ccc5c(c4)c4ccccc4n5-c4ccccc4)cc3)cc2)c2ccc(-c3ccc(-c4ccc5c(c4)c4ccccc4n5-c4ccccc4)cc3)cc2)cc1. The highest BCUT2D eigenvalue weighted by Crippen LogP contribution is 2.40. The predicted octanol–water partition coefficient (Wildman–Crippen LogP) is 18.0. The highest BCUT2D eigenvalue weighted by atomic mass is 15.1. The average molecular weight is 880 g/mol. The third-order valence-corrected chi connectivity index (χ3v) is 13.7. The van der Waals surface area contributed by atoms with Crippen molar-refractivity contribution in [2.24, 2.45) is 0 Å². The highest BCUT2D eigenvalue weighted by Gasteiger charge is 2.17. The third kappa shape index (κ3) is 7.16. The topological polar surface area (TPSA) is 13.1 Å².